The van der Waals surface area contributed by atoms with Gasteiger partial charge < -0.3 is 24.4 Å². The molecule has 1 saturated heterocycles. The van der Waals surface area contributed by atoms with E-state index < -0.39 is 43.2 Å². The fourth-order valence-electron chi connectivity index (χ4n) is 1.76. The number of hydrogen-bond acceptors (Lipinski definition) is 7. The second-order valence-corrected chi connectivity index (χ2v) is 3.72. The third-order valence-electron chi connectivity index (χ3n) is 2.54. The van der Waals surface area contributed by atoms with Gasteiger partial charge in [-0.2, -0.15) is 0 Å². The van der Waals surface area contributed by atoms with Crippen molar-refractivity contribution in [2.24, 2.45) is 5.11 Å². The summed E-state index contributed by atoms with van der Waals surface area (Å²) in [6.07, 6.45) is -4.43. The number of azide groups is 1. The molecule has 0 aromatic heterocycles. The average molecular weight is 261 g/mol. The van der Waals surface area contributed by atoms with E-state index in [2.05, 4.69) is 10.0 Å². The second-order valence-electron chi connectivity index (χ2n) is 3.72. The fourth-order valence-corrected chi connectivity index (χ4v) is 1.76. The summed E-state index contributed by atoms with van der Waals surface area (Å²) in [6, 6.07) is -1.03. The molecule has 1 fully saturated rings. The minimum atomic E-state index is -1.30. The first-order valence-electron chi connectivity index (χ1n) is 5.23. The van der Waals surface area contributed by atoms with Gasteiger partial charge in [0.25, 0.3) is 0 Å². The molecule has 1 rings (SSSR count). The standard InChI is InChI=1S/C9H15N3O6/c1-4(14)17-8-6(11-12-10)9(16-2)18-5(3-13)7(8)15/h5-9,13,15H,3H2,1-2H3/t5-,6+,7-,8+,9+/m1/s1. The molecule has 0 saturated carbocycles. The molecule has 2 N–H and O–H groups in total. The van der Waals surface area contributed by atoms with Gasteiger partial charge in [0, 0.05) is 18.9 Å². The number of methoxy groups -OCH3 is 1. The number of esters is 1. The zero-order chi connectivity index (χ0) is 13.7. The third-order valence-corrected chi connectivity index (χ3v) is 2.54. The highest BCUT2D eigenvalue weighted by molar-refractivity contribution is 5.66. The van der Waals surface area contributed by atoms with E-state index in [0.29, 0.717) is 0 Å². The number of nitrogens with zero attached hydrogens (tertiary/aromatic N) is 3. The van der Waals surface area contributed by atoms with E-state index in [1.807, 2.05) is 0 Å². The van der Waals surface area contributed by atoms with Crippen LogP contribution in [0.3, 0.4) is 0 Å². The highest BCUT2D eigenvalue weighted by Crippen LogP contribution is 2.26. The van der Waals surface area contributed by atoms with E-state index in [0.717, 1.165) is 6.92 Å². The van der Waals surface area contributed by atoms with Crippen molar-refractivity contribution in [3.63, 3.8) is 0 Å². The van der Waals surface area contributed by atoms with Gasteiger partial charge in [-0.1, -0.05) is 5.11 Å². The van der Waals surface area contributed by atoms with Crippen molar-refractivity contribution in [1.82, 2.24) is 0 Å². The number of carbonyl (C=O) groups excluding carboxylic acids is 1. The quantitative estimate of drug-likeness (QED) is 0.298. The molecule has 18 heavy (non-hydrogen) atoms. The fraction of sp³-hybridized carbons (Fsp3) is 0.889. The number of rotatable bonds is 4. The first-order valence-corrected chi connectivity index (χ1v) is 5.23. The number of aliphatic hydroxyl groups is 2. The summed E-state index contributed by atoms with van der Waals surface area (Å²) in [5, 5.41) is 22.3. The molecular weight excluding hydrogens is 246 g/mol. The molecule has 0 spiro atoms. The molecular formula is C9H15N3O6. The maximum atomic E-state index is 11.0. The topological polar surface area (TPSA) is 134 Å². The Balaban J connectivity index is 3.00. The van der Waals surface area contributed by atoms with Crippen molar-refractivity contribution in [2.45, 2.75) is 37.6 Å². The number of hydrogen-bond donors (Lipinski definition) is 2. The summed E-state index contributed by atoms with van der Waals surface area (Å²) >= 11 is 0. The van der Waals surface area contributed by atoms with Crippen LogP contribution in [-0.4, -0.2) is 60.5 Å². The van der Waals surface area contributed by atoms with Crippen LogP contribution in [0.15, 0.2) is 5.11 Å². The first kappa shape index (κ1) is 14.7. The monoisotopic (exact) mass is 261 g/mol. The van der Waals surface area contributed by atoms with Gasteiger partial charge in [0.15, 0.2) is 6.29 Å². The molecule has 0 radical (unpaired) electrons. The molecule has 0 bridgehead atoms. The van der Waals surface area contributed by atoms with Crippen LogP contribution in [-0.2, 0) is 19.0 Å². The first-order chi connectivity index (χ1) is 8.54. The van der Waals surface area contributed by atoms with E-state index in [9.17, 15) is 9.90 Å². The molecule has 0 aromatic carbocycles. The van der Waals surface area contributed by atoms with Crippen molar-refractivity contribution in [3.8, 4) is 0 Å². The molecule has 9 nitrogen and oxygen atoms in total. The Labute approximate surface area is 103 Å². The van der Waals surface area contributed by atoms with Gasteiger partial charge in [-0.05, 0) is 5.53 Å². The molecule has 9 heteroatoms. The lowest BCUT2D eigenvalue weighted by Gasteiger charge is -2.41. The second kappa shape index (κ2) is 6.53. The summed E-state index contributed by atoms with van der Waals surface area (Å²) in [6.45, 7) is 0.673. The number of ether oxygens (including phenoxy) is 3. The zero-order valence-electron chi connectivity index (χ0n) is 9.96. The van der Waals surface area contributed by atoms with Gasteiger partial charge >= 0.3 is 5.97 Å². The summed E-state index contributed by atoms with van der Waals surface area (Å²) < 4.78 is 15.1. The Morgan fingerprint density at radius 3 is 2.72 bits per heavy atom. The maximum Gasteiger partial charge on any atom is 0.303 e. The Morgan fingerprint density at radius 1 is 1.61 bits per heavy atom. The largest absolute Gasteiger partial charge is 0.459 e. The highest BCUT2D eigenvalue weighted by atomic mass is 16.7. The van der Waals surface area contributed by atoms with Gasteiger partial charge in [-0.25, -0.2) is 0 Å². The molecule has 1 aliphatic rings. The van der Waals surface area contributed by atoms with Crippen LogP contribution in [0.2, 0.25) is 0 Å². The SMILES string of the molecule is CO[C@H]1O[C@H](CO)[C@@H](O)[C@@H](OC(C)=O)[C@@H]1N=[N+]=[N-]. The summed E-state index contributed by atoms with van der Waals surface area (Å²) in [5.74, 6) is -0.648. The lowest BCUT2D eigenvalue weighted by Crippen LogP contribution is -2.59. The Bertz CT molecular complexity index is 345. The molecule has 102 valence electrons. The molecule has 1 heterocycles. The Morgan fingerprint density at radius 2 is 2.28 bits per heavy atom. The predicted molar refractivity (Wildman–Crippen MR) is 57.3 cm³/mol. The molecule has 1 aliphatic heterocycles. The minimum Gasteiger partial charge on any atom is -0.459 e. The predicted octanol–water partition coefficient (Wildman–Crippen LogP) is -0.679. The summed E-state index contributed by atoms with van der Waals surface area (Å²) in [4.78, 5) is 13.6. The van der Waals surface area contributed by atoms with E-state index in [1.165, 1.54) is 7.11 Å². The minimum absolute atomic E-state index is 0.484. The van der Waals surface area contributed by atoms with Crippen molar-refractivity contribution < 1.29 is 29.2 Å². The van der Waals surface area contributed by atoms with Gasteiger partial charge in [-0.15, -0.1) is 0 Å². The van der Waals surface area contributed by atoms with Crippen LogP contribution in [0.5, 0.6) is 0 Å². The van der Waals surface area contributed by atoms with Crippen molar-refractivity contribution in [3.05, 3.63) is 10.4 Å². The van der Waals surface area contributed by atoms with Gasteiger partial charge in [0.05, 0.1) is 6.61 Å². The maximum absolute atomic E-state index is 11.0. The van der Waals surface area contributed by atoms with Crippen LogP contribution in [0.4, 0.5) is 0 Å². The Hall–Kier alpha value is -1.38. The number of aliphatic hydroxyl groups excluding tert-OH is 2. The summed E-state index contributed by atoms with van der Waals surface area (Å²) in [5.41, 5.74) is 8.47. The van der Waals surface area contributed by atoms with Gasteiger partial charge in [0.1, 0.15) is 24.4 Å². The molecule has 0 unspecified atom stereocenters. The van der Waals surface area contributed by atoms with Crippen LogP contribution in [0.1, 0.15) is 6.92 Å². The number of carbonyl (C=O) groups is 1. The van der Waals surface area contributed by atoms with E-state index in [4.69, 9.17) is 24.8 Å². The van der Waals surface area contributed by atoms with Crippen molar-refractivity contribution in [2.75, 3.05) is 13.7 Å². The summed E-state index contributed by atoms with van der Waals surface area (Å²) in [7, 11) is 1.31. The van der Waals surface area contributed by atoms with Crippen molar-refractivity contribution in [1.29, 1.82) is 0 Å². The van der Waals surface area contributed by atoms with Crippen molar-refractivity contribution >= 4 is 5.97 Å². The van der Waals surface area contributed by atoms with Crippen LogP contribution >= 0.6 is 0 Å². The highest BCUT2D eigenvalue weighted by Gasteiger charge is 2.47. The lowest BCUT2D eigenvalue weighted by atomic mass is 9.97. The molecule has 0 aromatic rings. The normalized spacial score (nSPS) is 35.7. The molecule has 0 aliphatic carbocycles. The zero-order valence-corrected chi connectivity index (χ0v) is 9.96. The van der Waals surface area contributed by atoms with Gasteiger partial charge in [0.2, 0.25) is 0 Å². The Kier molecular flexibility index (Phi) is 5.32. The van der Waals surface area contributed by atoms with E-state index >= 15 is 0 Å². The molecule has 5 atom stereocenters. The molecule has 0 amide bonds. The van der Waals surface area contributed by atoms with Crippen LogP contribution in [0, 0.1) is 0 Å². The van der Waals surface area contributed by atoms with E-state index in [-0.39, 0.29) is 0 Å². The van der Waals surface area contributed by atoms with E-state index in [1.54, 1.807) is 0 Å². The van der Waals surface area contributed by atoms with Gasteiger partial charge in [-0.3, -0.25) is 4.79 Å². The smallest absolute Gasteiger partial charge is 0.303 e. The lowest BCUT2D eigenvalue weighted by molar-refractivity contribution is -0.261. The average Bonchev–Trinajstić information content (AvgIpc) is 2.34. The van der Waals surface area contributed by atoms with Crippen LogP contribution in [0.25, 0.3) is 10.4 Å². The van der Waals surface area contributed by atoms with Crippen LogP contribution < -0.4 is 0 Å². The third kappa shape index (κ3) is 3.09.